The third-order valence-electron chi connectivity index (χ3n) is 3.89. The molecule has 0 spiro atoms. The number of anilines is 1. The molecule has 144 valence electrons. The van der Waals surface area contributed by atoms with E-state index in [1.165, 1.54) is 0 Å². The van der Waals surface area contributed by atoms with Gasteiger partial charge in [-0.25, -0.2) is 4.79 Å². The van der Waals surface area contributed by atoms with E-state index in [9.17, 15) is 9.59 Å². The zero-order valence-corrected chi connectivity index (χ0v) is 16.6. The Kier molecular flexibility index (Phi) is 7.67. The maximum absolute atomic E-state index is 12.1. The summed E-state index contributed by atoms with van der Waals surface area (Å²) in [5, 5.41) is 3.41. The Morgan fingerprint density at radius 1 is 1.11 bits per heavy atom. The molecule has 5 nitrogen and oxygen atoms in total. The Morgan fingerprint density at radius 3 is 2.48 bits per heavy atom. The van der Waals surface area contributed by atoms with Crippen LogP contribution in [0.5, 0.6) is 5.75 Å². The lowest BCUT2D eigenvalue weighted by atomic mass is 10.1. The third kappa shape index (κ3) is 6.29. The molecule has 0 aliphatic rings. The number of rotatable bonds is 8. The predicted molar refractivity (Wildman–Crippen MR) is 107 cm³/mol. The second-order valence-corrected chi connectivity index (χ2v) is 6.66. The summed E-state index contributed by atoms with van der Waals surface area (Å²) in [6.07, 6.45) is 1.78. The minimum absolute atomic E-state index is 0.147. The zero-order valence-electron chi connectivity index (χ0n) is 15.8. The van der Waals surface area contributed by atoms with Gasteiger partial charge in [-0.3, -0.25) is 4.79 Å². The van der Waals surface area contributed by atoms with Crippen LogP contribution in [0.2, 0.25) is 5.02 Å². The number of benzene rings is 2. The fourth-order valence-corrected chi connectivity index (χ4v) is 2.56. The maximum atomic E-state index is 12.1. The van der Waals surface area contributed by atoms with Gasteiger partial charge in [-0.1, -0.05) is 31.0 Å². The molecule has 27 heavy (non-hydrogen) atoms. The number of unbranched alkanes of at least 4 members (excludes halogenated alkanes) is 1. The van der Waals surface area contributed by atoms with Gasteiger partial charge in [0, 0.05) is 10.7 Å². The Bertz CT molecular complexity index is 797. The second-order valence-electron chi connectivity index (χ2n) is 6.28. The summed E-state index contributed by atoms with van der Waals surface area (Å²) in [4.78, 5) is 24.1. The molecule has 0 unspecified atom stereocenters. The summed E-state index contributed by atoms with van der Waals surface area (Å²) in [7, 11) is 0. The standard InChI is InChI=1S/C21H24ClNO4/c1-4-5-9-26-21(25)16-7-6-8-17(12-16)23-19(24)13-27-18-10-14(2)20(22)15(3)11-18/h6-8,10-12H,4-5,9,13H2,1-3H3,(H,23,24). The highest BCUT2D eigenvalue weighted by atomic mass is 35.5. The van der Waals surface area contributed by atoms with Crippen molar-refractivity contribution in [2.24, 2.45) is 0 Å². The smallest absolute Gasteiger partial charge is 0.338 e. The van der Waals surface area contributed by atoms with E-state index in [2.05, 4.69) is 5.32 Å². The monoisotopic (exact) mass is 389 g/mol. The van der Waals surface area contributed by atoms with Crippen molar-refractivity contribution in [3.05, 3.63) is 58.1 Å². The lowest BCUT2D eigenvalue weighted by molar-refractivity contribution is -0.118. The molecule has 0 fully saturated rings. The molecule has 1 N–H and O–H groups in total. The lowest BCUT2D eigenvalue weighted by Crippen LogP contribution is -2.20. The summed E-state index contributed by atoms with van der Waals surface area (Å²) in [6, 6.07) is 10.2. The molecular formula is C21H24ClNO4. The average molecular weight is 390 g/mol. The van der Waals surface area contributed by atoms with Crippen molar-refractivity contribution < 1.29 is 19.1 Å². The quantitative estimate of drug-likeness (QED) is 0.513. The number of carbonyl (C=O) groups excluding carboxylic acids is 2. The van der Waals surface area contributed by atoms with Gasteiger partial charge in [0.1, 0.15) is 5.75 Å². The molecule has 0 atom stereocenters. The number of hydrogen-bond acceptors (Lipinski definition) is 4. The summed E-state index contributed by atoms with van der Waals surface area (Å²) >= 11 is 6.13. The van der Waals surface area contributed by atoms with Crippen LogP contribution in [0.15, 0.2) is 36.4 Å². The Labute approximate surface area is 164 Å². The van der Waals surface area contributed by atoms with Gasteiger partial charge in [0.15, 0.2) is 6.61 Å². The molecule has 0 radical (unpaired) electrons. The van der Waals surface area contributed by atoms with Crippen LogP contribution in [0.4, 0.5) is 5.69 Å². The van der Waals surface area contributed by atoms with E-state index in [-0.39, 0.29) is 12.5 Å². The molecule has 0 bridgehead atoms. The molecule has 1 amide bonds. The first-order valence-corrected chi connectivity index (χ1v) is 9.25. The van der Waals surface area contributed by atoms with Crippen LogP contribution in [0.1, 0.15) is 41.3 Å². The summed E-state index contributed by atoms with van der Waals surface area (Å²) in [5.41, 5.74) is 2.69. The van der Waals surface area contributed by atoms with E-state index in [1.54, 1.807) is 36.4 Å². The van der Waals surface area contributed by atoms with Crippen molar-refractivity contribution in [2.45, 2.75) is 33.6 Å². The van der Waals surface area contributed by atoms with E-state index >= 15 is 0 Å². The van der Waals surface area contributed by atoms with Crippen LogP contribution in [0.3, 0.4) is 0 Å². The lowest BCUT2D eigenvalue weighted by Gasteiger charge is -2.11. The summed E-state index contributed by atoms with van der Waals surface area (Å²) in [5.74, 6) is -0.141. The van der Waals surface area contributed by atoms with Crippen LogP contribution >= 0.6 is 11.6 Å². The van der Waals surface area contributed by atoms with Gasteiger partial charge in [-0.15, -0.1) is 0 Å². The van der Waals surface area contributed by atoms with Gasteiger partial charge < -0.3 is 14.8 Å². The van der Waals surface area contributed by atoms with E-state index in [4.69, 9.17) is 21.1 Å². The van der Waals surface area contributed by atoms with Crippen molar-refractivity contribution in [1.29, 1.82) is 0 Å². The third-order valence-corrected chi connectivity index (χ3v) is 4.49. The number of esters is 1. The van der Waals surface area contributed by atoms with Crippen molar-refractivity contribution >= 4 is 29.2 Å². The first-order valence-electron chi connectivity index (χ1n) is 8.87. The average Bonchev–Trinajstić information content (AvgIpc) is 2.64. The van der Waals surface area contributed by atoms with E-state index < -0.39 is 5.97 Å². The second kappa shape index (κ2) is 9.97. The van der Waals surface area contributed by atoms with Crippen molar-refractivity contribution in [1.82, 2.24) is 0 Å². The number of nitrogens with one attached hydrogen (secondary N) is 1. The van der Waals surface area contributed by atoms with Gasteiger partial charge in [-0.05, 0) is 61.7 Å². The predicted octanol–water partition coefficient (Wildman–Crippen LogP) is 4.93. The van der Waals surface area contributed by atoms with Crippen LogP contribution in [0.25, 0.3) is 0 Å². The first-order chi connectivity index (χ1) is 12.9. The molecule has 2 aromatic carbocycles. The normalized spacial score (nSPS) is 10.4. The molecule has 2 aromatic rings. The van der Waals surface area contributed by atoms with Crippen molar-refractivity contribution in [3.63, 3.8) is 0 Å². The van der Waals surface area contributed by atoms with E-state index in [1.807, 2.05) is 20.8 Å². The molecule has 0 saturated heterocycles. The number of amides is 1. The van der Waals surface area contributed by atoms with Crippen LogP contribution in [0, 0.1) is 13.8 Å². The Morgan fingerprint density at radius 2 is 1.81 bits per heavy atom. The number of carbonyl (C=O) groups is 2. The molecular weight excluding hydrogens is 366 g/mol. The highest BCUT2D eigenvalue weighted by Crippen LogP contribution is 2.25. The Hall–Kier alpha value is -2.53. The number of hydrogen-bond donors (Lipinski definition) is 1. The van der Waals surface area contributed by atoms with Crippen LogP contribution < -0.4 is 10.1 Å². The van der Waals surface area contributed by atoms with Gasteiger partial charge in [0.25, 0.3) is 5.91 Å². The number of ether oxygens (including phenoxy) is 2. The topological polar surface area (TPSA) is 64.6 Å². The fraction of sp³-hybridized carbons (Fsp3) is 0.333. The van der Waals surface area contributed by atoms with E-state index in [0.717, 1.165) is 24.0 Å². The maximum Gasteiger partial charge on any atom is 0.338 e. The van der Waals surface area contributed by atoms with Crippen LogP contribution in [-0.2, 0) is 9.53 Å². The molecule has 0 saturated carbocycles. The SMILES string of the molecule is CCCCOC(=O)c1cccc(NC(=O)COc2cc(C)c(Cl)c(C)c2)c1. The van der Waals surface area contributed by atoms with Gasteiger partial charge >= 0.3 is 5.97 Å². The molecule has 6 heteroatoms. The highest BCUT2D eigenvalue weighted by molar-refractivity contribution is 6.32. The van der Waals surface area contributed by atoms with Gasteiger partial charge in [0.2, 0.25) is 0 Å². The summed E-state index contributed by atoms with van der Waals surface area (Å²) in [6.45, 7) is 6.03. The van der Waals surface area contributed by atoms with Crippen molar-refractivity contribution in [2.75, 3.05) is 18.5 Å². The summed E-state index contributed by atoms with van der Waals surface area (Å²) < 4.78 is 10.7. The minimum atomic E-state index is -0.400. The van der Waals surface area contributed by atoms with Crippen LogP contribution in [-0.4, -0.2) is 25.1 Å². The fourth-order valence-electron chi connectivity index (χ4n) is 2.45. The van der Waals surface area contributed by atoms with E-state index in [0.29, 0.717) is 28.6 Å². The largest absolute Gasteiger partial charge is 0.484 e. The zero-order chi connectivity index (χ0) is 19.8. The highest BCUT2D eigenvalue weighted by Gasteiger charge is 2.10. The Balaban J connectivity index is 1.92. The molecule has 0 aliphatic carbocycles. The molecule has 0 aromatic heterocycles. The van der Waals surface area contributed by atoms with Crippen molar-refractivity contribution in [3.8, 4) is 5.75 Å². The number of aryl methyl sites for hydroxylation is 2. The first kappa shape index (κ1) is 20.8. The van der Waals surface area contributed by atoms with Gasteiger partial charge in [-0.2, -0.15) is 0 Å². The molecule has 2 rings (SSSR count). The minimum Gasteiger partial charge on any atom is -0.484 e. The molecule has 0 aliphatic heterocycles. The van der Waals surface area contributed by atoms with Gasteiger partial charge in [0.05, 0.1) is 12.2 Å². The molecule has 0 heterocycles. The number of halogens is 1.